The number of benzene rings is 1. The highest BCUT2D eigenvalue weighted by molar-refractivity contribution is 6.03. The van der Waals surface area contributed by atoms with E-state index in [1.807, 2.05) is 19.9 Å². The molecule has 1 aromatic heterocycles. The van der Waals surface area contributed by atoms with Crippen LogP contribution in [0.1, 0.15) is 21.7 Å². The van der Waals surface area contributed by atoms with Crippen LogP contribution < -0.4 is 10.1 Å². The summed E-state index contributed by atoms with van der Waals surface area (Å²) >= 11 is 0. The first kappa shape index (κ1) is 13.1. The number of carbonyl (C=O) groups is 1. The van der Waals surface area contributed by atoms with Gasteiger partial charge in [-0.2, -0.15) is 0 Å². The zero-order valence-corrected chi connectivity index (χ0v) is 11.2. The van der Waals surface area contributed by atoms with Gasteiger partial charge in [-0.3, -0.25) is 4.79 Å². The molecule has 0 aliphatic rings. The average Bonchev–Trinajstić information content (AvgIpc) is 2.38. The van der Waals surface area contributed by atoms with Gasteiger partial charge in [0.05, 0.1) is 7.11 Å². The third-order valence-corrected chi connectivity index (χ3v) is 2.68. The molecule has 0 bridgehead atoms. The summed E-state index contributed by atoms with van der Waals surface area (Å²) in [5.41, 5.74) is 2.99. The third-order valence-electron chi connectivity index (χ3n) is 2.68. The highest BCUT2D eigenvalue weighted by atomic mass is 16.5. The molecule has 0 unspecified atom stereocenters. The average molecular weight is 256 g/mol. The van der Waals surface area contributed by atoms with Crippen molar-refractivity contribution in [3.05, 3.63) is 53.3 Å². The number of carbonyl (C=O) groups excluding carboxylic acids is 1. The van der Waals surface area contributed by atoms with Crippen LogP contribution in [0.25, 0.3) is 0 Å². The summed E-state index contributed by atoms with van der Waals surface area (Å²) in [4.78, 5) is 16.3. The van der Waals surface area contributed by atoms with Gasteiger partial charge in [0.1, 0.15) is 11.4 Å². The lowest BCUT2D eigenvalue weighted by Crippen LogP contribution is -2.14. The van der Waals surface area contributed by atoms with E-state index in [1.54, 1.807) is 37.4 Å². The normalized spacial score (nSPS) is 10.1. The number of aryl methyl sites for hydroxylation is 2. The van der Waals surface area contributed by atoms with E-state index in [1.165, 1.54) is 0 Å². The highest BCUT2D eigenvalue weighted by Crippen LogP contribution is 2.16. The number of nitrogens with one attached hydrogen (secondary N) is 1. The molecule has 2 aromatic rings. The molecular formula is C15H16N2O2. The first-order valence-corrected chi connectivity index (χ1v) is 5.99. The molecule has 0 spiro atoms. The molecule has 0 radical (unpaired) electrons. The molecule has 4 nitrogen and oxygen atoms in total. The Balaban J connectivity index is 2.15. The Morgan fingerprint density at radius 2 is 1.84 bits per heavy atom. The second-order valence-electron chi connectivity index (χ2n) is 4.35. The maximum absolute atomic E-state index is 12.1. The van der Waals surface area contributed by atoms with Gasteiger partial charge in [-0.05, 0) is 55.8 Å². The summed E-state index contributed by atoms with van der Waals surface area (Å²) < 4.78 is 5.07. The van der Waals surface area contributed by atoms with E-state index in [2.05, 4.69) is 10.3 Å². The predicted molar refractivity (Wildman–Crippen MR) is 74.7 cm³/mol. The topological polar surface area (TPSA) is 51.2 Å². The van der Waals surface area contributed by atoms with Crippen LogP contribution in [-0.2, 0) is 0 Å². The molecule has 0 aliphatic heterocycles. The molecule has 0 fully saturated rings. The second-order valence-corrected chi connectivity index (χ2v) is 4.35. The summed E-state index contributed by atoms with van der Waals surface area (Å²) in [6.07, 6.45) is 0. The molecule has 1 amide bonds. The Morgan fingerprint density at radius 3 is 2.42 bits per heavy atom. The van der Waals surface area contributed by atoms with Crippen LogP contribution in [0.4, 0.5) is 5.69 Å². The number of methoxy groups -OCH3 is 1. The molecule has 1 heterocycles. The van der Waals surface area contributed by atoms with Crippen molar-refractivity contribution in [1.29, 1.82) is 0 Å². The predicted octanol–water partition coefficient (Wildman–Crippen LogP) is 2.96. The summed E-state index contributed by atoms with van der Waals surface area (Å²) in [6, 6.07) is 10.9. The Kier molecular flexibility index (Phi) is 3.80. The lowest BCUT2D eigenvalue weighted by molar-refractivity contribution is 0.102. The number of anilines is 1. The van der Waals surface area contributed by atoms with E-state index in [4.69, 9.17) is 4.74 Å². The van der Waals surface area contributed by atoms with Gasteiger partial charge in [-0.1, -0.05) is 0 Å². The molecule has 1 aromatic carbocycles. The van der Waals surface area contributed by atoms with E-state index in [0.29, 0.717) is 11.4 Å². The van der Waals surface area contributed by atoms with E-state index >= 15 is 0 Å². The minimum Gasteiger partial charge on any atom is -0.497 e. The first-order chi connectivity index (χ1) is 9.08. The fourth-order valence-electron chi connectivity index (χ4n) is 1.83. The summed E-state index contributed by atoms with van der Waals surface area (Å²) in [5.74, 6) is 0.541. The molecule has 4 heteroatoms. The quantitative estimate of drug-likeness (QED) is 0.918. The van der Waals surface area contributed by atoms with Crippen LogP contribution in [0.2, 0.25) is 0 Å². The van der Waals surface area contributed by atoms with Crippen molar-refractivity contribution in [1.82, 2.24) is 4.98 Å². The molecule has 2 rings (SSSR count). The van der Waals surface area contributed by atoms with Crippen molar-refractivity contribution in [2.75, 3.05) is 12.4 Å². The van der Waals surface area contributed by atoms with E-state index in [0.717, 1.165) is 17.0 Å². The zero-order valence-electron chi connectivity index (χ0n) is 11.2. The van der Waals surface area contributed by atoms with Crippen molar-refractivity contribution in [3.8, 4) is 5.75 Å². The summed E-state index contributed by atoms with van der Waals surface area (Å²) in [5, 5.41) is 2.81. The van der Waals surface area contributed by atoms with Crippen LogP contribution in [0.15, 0.2) is 36.4 Å². The van der Waals surface area contributed by atoms with Crippen LogP contribution in [-0.4, -0.2) is 18.0 Å². The van der Waals surface area contributed by atoms with Gasteiger partial charge in [0.2, 0.25) is 0 Å². The number of amides is 1. The van der Waals surface area contributed by atoms with E-state index in [-0.39, 0.29) is 5.91 Å². The molecule has 1 N–H and O–H groups in total. The maximum Gasteiger partial charge on any atom is 0.274 e. The van der Waals surface area contributed by atoms with Crippen molar-refractivity contribution in [2.45, 2.75) is 13.8 Å². The zero-order chi connectivity index (χ0) is 13.8. The fraction of sp³-hybridized carbons (Fsp3) is 0.200. The Hall–Kier alpha value is -2.36. The number of aromatic nitrogens is 1. The standard InChI is InChI=1S/C15H16N2O2/c1-10-8-11(2)16-14(9-10)15(18)17-12-4-6-13(19-3)7-5-12/h4-9H,1-3H3,(H,17,18). The van der Waals surface area contributed by atoms with Gasteiger partial charge in [0, 0.05) is 11.4 Å². The number of rotatable bonds is 3. The Labute approximate surface area is 112 Å². The van der Waals surface area contributed by atoms with Crippen LogP contribution in [0.5, 0.6) is 5.75 Å². The molecule has 98 valence electrons. The minimum atomic E-state index is -0.211. The largest absolute Gasteiger partial charge is 0.497 e. The van der Waals surface area contributed by atoms with E-state index in [9.17, 15) is 4.79 Å². The molecular weight excluding hydrogens is 240 g/mol. The van der Waals surface area contributed by atoms with Crippen molar-refractivity contribution < 1.29 is 9.53 Å². The monoisotopic (exact) mass is 256 g/mol. The lowest BCUT2D eigenvalue weighted by Gasteiger charge is -2.07. The van der Waals surface area contributed by atoms with Gasteiger partial charge in [-0.15, -0.1) is 0 Å². The fourth-order valence-corrected chi connectivity index (χ4v) is 1.83. The smallest absolute Gasteiger partial charge is 0.274 e. The van der Waals surface area contributed by atoms with Crippen LogP contribution in [0, 0.1) is 13.8 Å². The second kappa shape index (κ2) is 5.52. The first-order valence-electron chi connectivity index (χ1n) is 5.99. The SMILES string of the molecule is COc1ccc(NC(=O)c2cc(C)cc(C)n2)cc1. The van der Waals surface area contributed by atoms with Crippen molar-refractivity contribution in [2.24, 2.45) is 0 Å². The van der Waals surface area contributed by atoms with Gasteiger partial charge in [0.15, 0.2) is 0 Å². The third kappa shape index (κ3) is 3.31. The van der Waals surface area contributed by atoms with Crippen LogP contribution in [0.3, 0.4) is 0 Å². The lowest BCUT2D eigenvalue weighted by atomic mass is 10.2. The summed E-state index contributed by atoms with van der Waals surface area (Å²) in [7, 11) is 1.60. The number of hydrogen-bond donors (Lipinski definition) is 1. The molecule has 0 saturated heterocycles. The number of pyridine rings is 1. The maximum atomic E-state index is 12.1. The molecule has 19 heavy (non-hydrogen) atoms. The van der Waals surface area contributed by atoms with Gasteiger partial charge >= 0.3 is 0 Å². The number of hydrogen-bond acceptors (Lipinski definition) is 3. The Bertz CT molecular complexity index is 571. The minimum absolute atomic E-state index is 0.211. The molecule has 0 aliphatic carbocycles. The van der Waals surface area contributed by atoms with Crippen molar-refractivity contribution in [3.63, 3.8) is 0 Å². The van der Waals surface area contributed by atoms with Gasteiger partial charge in [-0.25, -0.2) is 4.98 Å². The number of nitrogens with zero attached hydrogens (tertiary/aromatic N) is 1. The Morgan fingerprint density at radius 1 is 1.16 bits per heavy atom. The van der Waals surface area contributed by atoms with Gasteiger partial charge in [0.25, 0.3) is 5.91 Å². The van der Waals surface area contributed by atoms with Gasteiger partial charge < -0.3 is 10.1 Å². The highest BCUT2D eigenvalue weighted by Gasteiger charge is 2.08. The van der Waals surface area contributed by atoms with Crippen LogP contribution >= 0.6 is 0 Å². The number of ether oxygens (including phenoxy) is 1. The summed E-state index contributed by atoms with van der Waals surface area (Å²) in [6.45, 7) is 3.82. The molecule has 0 saturated carbocycles. The molecule has 0 atom stereocenters. The van der Waals surface area contributed by atoms with E-state index < -0.39 is 0 Å². The van der Waals surface area contributed by atoms with Crippen molar-refractivity contribution >= 4 is 11.6 Å².